The van der Waals surface area contributed by atoms with Gasteiger partial charge in [-0.3, -0.25) is 4.79 Å². The van der Waals surface area contributed by atoms with E-state index >= 15 is 0 Å². The van der Waals surface area contributed by atoms with Gasteiger partial charge < -0.3 is 4.74 Å². The lowest BCUT2D eigenvalue weighted by Crippen LogP contribution is -2.40. The van der Waals surface area contributed by atoms with Gasteiger partial charge in [-0.15, -0.1) is 0 Å². The minimum atomic E-state index is -0.121. The van der Waals surface area contributed by atoms with Gasteiger partial charge in [0, 0.05) is 5.25 Å². The molecule has 1 saturated heterocycles. The van der Waals surface area contributed by atoms with Gasteiger partial charge in [0.05, 0.1) is 12.0 Å². The summed E-state index contributed by atoms with van der Waals surface area (Å²) in [5.41, 5.74) is -0.121. The Hall–Kier alpha value is -0.180. The second-order valence-corrected chi connectivity index (χ2v) is 5.79. The summed E-state index contributed by atoms with van der Waals surface area (Å²) in [5, 5.41) is 0.416. The van der Waals surface area contributed by atoms with E-state index in [-0.39, 0.29) is 11.4 Å². The summed E-state index contributed by atoms with van der Waals surface area (Å²) in [7, 11) is 0. The molecule has 2 nitrogen and oxygen atoms in total. The zero-order valence-corrected chi connectivity index (χ0v) is 9.30. The molecule has 14 heavy (non-hydrogen) atoms. The molecule has 2 bridgehead atoms. The minimum Gasteiger partial charge on any atom is -0.465 e. The summed E-state index contributed by atoms with van der Waals surface area (Å²) in [6.45, 7) is 2.91. The van der Waals surface area contributed by atoms with E-state index in [4.69, 9.17) is 4.74 Å². The molecule has 1 heterocycles. The Morgan fingerprint density at radius 2 is 2.36 bits per heavy atom. The van der Waals surface area contributed by atoms with Crippen LogP contribution in [-0.4, -0.2) is 17.8 Å². The second kappa shape index (κ2) is 2.69. The Morgan fingerprint density at radius 3 is 2.86 bits per heavy atom. The van der Waals surface area contributed by atoms with Crippen LogP contribution in [0.1, 0.15) is 26.2 Å². The average Bonchev–Trinajstić information content (AvgIpc) is 2.77. The van der Waals surface area contributed by atoms with Crippen LogP contribution in [0.5, 0.6) is 0 Å². The molecule has 3 heteroatoms. The van der Waals surface area contributed by atoms with Crippen LogP contribution in [0, 0.1) is 23.2 Å². The van der Waals surface area contributed by atoms with Gasteiger partial charge in [-0.1, -0.05) is 6.92 Å². The lowest BCUT2D eigenvalue weighted by atomic mass is 9.69. The van der Waals surface area contributed by atoms with Gasteiger partial charge in [0.1, 0.15) is 0 Å². The third-order valence-electron chi connectivity index (χ3n) is 4.78. The van der Waals surface area contributed by atoms with Crippen LogP contribution < -0.4 is 0 Å². The van der Waals surface area contributed by atoms with Crippen molar-refractivity contribution >= 4 is 18.6 Å². The molecule has 0 amide bonds. The number of hydrogen-bond acceptors (Lipinski definition) is 3. The SMILES string of the molecule is C[C@H]1C2CC(C1S)C1(CCOC1=O)C2. The van der Waals surface area contributed by atoms with Gasteiger partial charge in [0.2, 0.25) is 0 Å². The van der Waals surface area contributed by atoms with Crippen LogP contribution in [0.4, 0.5) is 0 Å². The Balaban J connectivity index is 1.96. The molecule has 1 aliphatic heterocycles. The summed E-state index contributed by atoms with van der Waals surface area (Å²) < 4.78 is 5.15. The Kier molecular flexibility index (Phi) is 1.74. The molecular formula is C11H16O2S. The van der Waals surface area contributed by atoms with Crippen molar-refractivity contribution in [3.05, 3.63) is 0 Å². The highest BCUT2D eigenvalue weighted by Gasteiger charge is 2.63. The Labute approximate surface area is 89.8 Å². The molecule has 0 aromatic rings. The van der Waals surface area contributed by atoms with Crippen molar-refractivity contribution < 1.29 is 9.53 Å². The number of cyclic esters (lactones) is 1. The molecule has 3 fully saturated rings. The van der Waals surface area contributed by atoms with Gasteiger partial charge in [-0.05, 0) is 37.0 Å². The van der Waals surface area contributed by atoms with E-state index in [1.807, 2.05) is 0 Å². The number of rotatable bonds is 0. The number of ether oxygens (including phenoxy) is 1. The topological polar surface area (TPSA) is 26.3 Å². The maximum atomic E-state index is 11.8. The summed E-state index contributed by atoms with van der Waals surface area (Å²) in [5.74, 6) is 1.95. The van der Waals surface area contributed by atoms with E-state index in [9.17, 15) is 4.79 Å². The van der Waals surface area contributed by atoms with Crippen molar-refractivity contribution in [1.82, 2.24) is 0 Å². The molecule has 2 aliphatic carbocycles. The van der Waals surface area contributed by atoms with Crippen molar-refractivity contribution in [3.8, 4) is 0 Å². The molecule has 0 aromatic heterocycles. The lowest BCUT2D eigenvalue weighted by Gasteiger charge is -2.36. The molecule has 0 radical (unpaired) electrons. The largest absolute Gasteiger partial charge is 0.465 e. The fourth-order valence-corrected chi connectivity index (χ4v) is 4.51. The monoisotopic (exact) mass is 212 g/mol. The fourth-order valence-electron chi connectivity index (χ4n) is 3.86. The maximum absolute atomic E-state index is 11.8. The third kappa shape index (κ3) is 0.873. The van der Waals surface area contributed by atoms with Crippen LogP contribution in [-0.2, 0) is 9.53 Å². The minimum absolute atomic E-state index is 0.0657. The molecule has 78 valence electrons. The summed E-state index contributed by atoms with van der Waals surface area (Å²) in [4.78, 5) is 11.8. The van der Waals surface area contributed by atoms with Gasteiger partial charge in [-0.2, -0.15) is 12.6 Å². The normalized spacial score (nSPS) is 55.7. The van der Waals surface area contributed by atoms with Crippen molar-refractivity contribution in [2.45, 2.75) is 31.4 Å². The zero-order valence-electron chi connectivity index (χ0n) is 8.40. The number of thiol groups is 1. The molecule has 3 rings (SSSR count). The molecule has 1 spiro atoms. The smallest absolute Gasteiger partial charge is 0.312 e. The van der Waals surface area contributed by atoms with Crippen LogP contribution in [0.3, 0.4) is 0 Å². The van der Waals surface area contributed by atoms with Crippen LogP contribution in [0.15, 0.2) is 0 Å². The number of carbonyl (C=O) groups is 1. The predicted molar refractivity (Wildman–Crippen MR) is 56.2 cm³/mol. The van der Waals surface area contributed by atoms with Crippen molar-refractivity contribution in [2.24, 2.45) is 23.2 Å². The van der Waals surface area contributed by atoms with E-state index in [1.54, 1.807) is 0 Å². The highest BCUT2D eigenvalue weighted by molar-refractivity contribution is 7.81. The van der Waals surface area contributed by atoms with Gasteiger partial charge >= 0.3 is 5.97 Å². The zero-order chi connectivity index (χ0) is 9.92. The number of fused-ring (bicyclic) bond motifs is 3. The fraction of sp³-hybridized carbons (Fsp3) is 0.909. The van der Waals surface area contributed by atoms with Gasteiger partial charge in [0.25, 0.3) is 0 Å². The number of esters is 1. The molecule has 2 saturated carbocycles. The van der Waals surface area contributed by atoms with Gasteiger partial charge in [0.15, 0.2) is 0 Å². The lowest BCUT2D eigenvalue weighted by molar-refractivity contribution is -0.148. The average molecular weight is 212 g/mol. The standard InChI is InChI=1S/C11H16O2S/c1-6-7-4-8(9(6)14)11(5-7)2-3-13-10(11)12/h6-9,14H,2-5H2,1H3/t6-,7?,8?,9?,11?/m0/s1. The van der Waals surface area contributed by atoms with Crippen LogP contribution in [0.2, 0.25) is 0 Å². The highest BCUT2D eigenvalue weighted by Crippen LogP contribution is 2.63. The first-order chi connectivity index (χ1) is 6.65. The van der Waals surface area contributed by atoms with E-state index < -0.39 is 0 Å². The van der Waals surface area contributed by atoms with E-state index in [0.717, 1.165) is 12.8 Å². The van der Waals surface area contributed by atoms with Crippen molar-refractivity contribution in [1.29, 1.82) is 0 Å². The molecule has 0 N–H and O–H groups in total. The first-order valence-corrected chi connectivity index (χ1v) is 6.02. The Morgan fingerprint density at radius 1 is 1.57 bits per heavy atom. The first kappa shape index (κ1) is 9.08. The molecular weight excluding hydrogens is 196 g/mol. The third-order valence-corrected chi connectivity index (χ3v) is 5.61. The van der Waals surface area contributed by atoms with E-state index in [1.165, 1.54) is 6.42 Å². The number of carbonyl (C=O) groups excluding carboxylic acids is 1. The van der Waals surface area contributed by atoms with Crippen LogP contribution >= 0.6 is 12.6 Å². The van der Waals surface area contributed by atoms with Gasteiger partial charge in [-0.25, -0.2) is 0 Å². The van der Waals surface area contributed by atoms with Crippen LogP contribution in [0.25, 0.3) is 0 Å². The van der Waals surface area contributed by atoms with E-state index in [0.29, 0.717) is 29.6 Å². The maximum Gasteiger partial charge on any atom is 0.312 e. The number of hydrogen-bond donors (Lipinski definition) is 1. The van der Waals surface area contributed by atoms with Crippen molar-refractivity contribution in [2.75, 3.05) is 6.61 Å². The molecule has 4 unspecified atom stereocenters. The summed E-state index contributed by atoms with van der Waals surface area (Å²) >= 11 is 4.67. The molecule has 5 atom stereocenters. The van der Waals surface area contributed by atoms with Crippen molar-refractivity contribution in [3.63, 3.8) is 0 Å². The quantitative estimate of drug-likeness (QED) is 0.490. The highest BCUT2D eigenvalue weighted by atomic mass is 32.1. The molecule has 0 aromatic carbocycles. The second-order valence-electron chi connectivity index (χ2n) is 5.20. The molecule has 3 aliphatic rings. The predicted octanol–water partition coefficient (Wildman–Crippen LogP) is 1.89. The Bertz CT molecular complexity index is 289. The summed E-state index contributed by atoms with van der Waals surface area (Å²) in [6.07, 6.45) is 3.20. The van der Waals surface area contributed by atoms with E-state index in [2.05, 4.69) is 19.6 Å². The summed E-state index contributed by atoms with van der Waals surface area (Å²) in [6, 6.07) is 0. The first-order valence-electron chi connectivity index (χ1n) is 5.50.